The van der Waals surface area contributed by atoms with Gasteiger partial charge in [0.15, 0.2) is 0 Å². The van der Waals surface area contributed by atoms with Gasteiger partial charge >= 0.3 is 0 Å². The fraction of sp³-hybridized carbons (Fsp3) is 0.357. The quantitative estimate of drug-likeness (QED) is 0.856. The van der Waals surface area contributed by atoms with Gasteiger partial charge in [-0.3, -0.25) is 4.79 Å². The zero-order valence-corrected chi connectivity index (χ0v) is 12.9. The highest BCUT2D eigenvalue weighted by molar-refractivity contribution is 7.17. The van der Waals surface area contributed by atoms with Gasteiger partial charge in [-0.2, -0.15) is 0 Å². The zero-order valence-electron chi connectivity index (χ0n) is 11.3. The molecule has 1 atom stereocenters. The van der Waals surface area contributed by atoms with Gasteiger partial charge in [-0.15, -0.1) is 23.7 Å². The minimum Gasteiger partial charge on any atom is -0.383 e. The first-order chi connectivity index (χ1) is 9.22. The van der Waals surface area contributed by atoms with Crippen LogP contribution in [0.15, 0.2) is 29.6 Å². The number of nitrogens with one attached hydrogen (secondary N) is 1. The number of nitrogens with two attached hydrogens (primary N) is 1. The normalized spacial score (nSPS) is 11.9. The summed E-state index contributed by atoms with van der Waals surface area (Å²) in [6.07, 6.45) is 0.815. The van der Waals surface area contributed by atoms with Crippen molar-refractivity contribution in [1.82, 2.24) is 5.32 Å². The molecule has 1 amide bonds. The molecular formula is C14H19ClN2O2S. The molecule has 0 saturated heterocycles. The molecule has 2 aromatic rings. The maximum atomic E-state index is 11.6. The second-order valence-corrected chi connectivity index (χ2v) is 5.27. The van der Waals surface area contributed by atoms with E-state index in [2.05, 4.69) is 22.8 Å². The van der Waals surface area contributed by atoms with Crippen LogP contribution in [-0.2, 0) is 16.0 Å². The zero-order chi connectivity index (χ0) is 13.7. The number of hydrogen-bond donors (Lipinski definition) is 2. The molecule has 3 N–H and O–H groups in total. The number of rotatable bonds is 6. The third kappa shape index (κ3) is 4.18. The SMILES string of the molecule is COCC(N)C(=O)NCCc1csc2ccccc12.Cl. The molecule has 0 spiro atoms. The fourth-order valence-electron chi connectivity index (χ4n) is 1.93. The third-order valence-corrected chi connectivity index (χ3v) is 3.95. The maximum absolute atomic E-state index is 11.6. The van der Waals surface area contributed by atoms with Crippen molar-refractivity contribution in [1.29, 1.82) is 0 Å². The van der Waals surface area contributed by atoms with Crippen molar-refractivity contribution in [2.24, 2.45) is 5.73 Å². The lowest BCUT2D eigenvalue weighted by molar-refractivity contribution is -0.123. The van der Waals surface area contributed by atoms with Gasteiger partial charge in [0, 0.05) is 18.4 Å². The molecule has 0 bridgehead atoms. The van der Waals surface area contributed by atoms with Crippen LogP contribution in [0, 0.1) is 0 Å². The van der Waals surface area contributed by atoms with Crippen molar-refractivity contribution in [2.45, 2.75) is 12.5 Å². The smallest absolute Gasteiger partial charge is 0.239 e. The Balaban J connectivity index is 0.00000200. The van der Waals surface area contributed by atoms with Gasteiger partial charge in [0.2, 0.25) is 5.91 Å². The minimum absolute atomic E-state index is 0. The summed E-state index contributed by atoms with van der Waals surface area (Å²) in [5.41, 5.74) is 6.91. The summed E-state index contributed by atoms with van der Waals surface area (Å²) >= 11 is 1.73. The Hall–Kier alpha value is -1.14. The summed E-state index contributed by atoms with van der Waals surface area (Å²) in [5, 5.41) is 6.24. The van der Waals surface area contributed by atoms with Gasteiger partial charge in [-0.05, 0) is 28.8 Å². The van der Waals surface area contributed by atoms with E-state index in [9.17, 15) is 4.79 Å². The van der Waals surface area contributed by atoms with Gasteiger partial charge in [0.1, 0.15) is 6.04 Å². The summed E-state index contributed by atoms with van der Waals surface area (Å²) in [5.74, 6) is -0.165. The first-order valence-corrected chi connectivity index (χ1v) is 7.07. The van der Waals surface area contributed by atoms with Crippen LogP contribution in [0.1, 0.15) is 5.56 Å². The number of ether oxygens (including phenoxy) is 1. The van der Waals surface area contributed by atoms with E-state index in [1.807, 2.05) is 12.1 Å². The second kappa shape index (κ2) is 8.21. The van der Waals surface area contributed by atoms with E-state index < -0.39 is 6.04 Å². The third-order valence-electron chi connectivity index (χ3n) is 2.94. The summed E-state index contributed by atoms with van der Waals surface area (Å²) < 4.78 is 6.13. The molecule has 4 nitrogen and oxygen atoms in total. The van der Waals surface area contributed by atoms with E-state index in [4.69, 9.17) is 10.5 Å². The van der Waals surface area contributed by atoms with Crippen LogP contribution in [0.2, 0.25) is 0 Å². The van der Waals surface area contributed by atoms with E-state index in [1.54, 1.807) is 11.3 Å². The van der Waals surface area contributed by atoms with E-state index in [0.29, 0.717) is 6.54 Å². The molecule has 0 radical (unpaired) electrons. The van der Waals surface area contributed by atoms with Crippen molar-refractivity contribution in [3.8, 4) is 0 Å². The van der Waals surface area contributed by atoms with Gasteiger partial charge in [0.25, 0.3) is 0 Å². The van der Waals surface area contributed by atoms with E-state index in [0.717, 1.165) is 6.42 Å². The molecular weight excluding hydrogens is 296 g/mol. The fourth-order valence-corrected chi connectivity index (χ4v) is 2.93. The Kier molecular flexibility index (Phi) is 6.95. The highest BCUT2D eigenvalue weighted by atomic mass is 35.5. The van der Waals surface area contributed by atoms with Gasteiger partial charge < -0.3 is 15.8 Å². The summed E-state index contributed by atoms with van der Waals surface area (Å²) in [7, 11) is 1.53. The van der Waals surface area contributed by atoms with E-state index in [1.165, 1.54) is 22.8 Å². The van der Waals surface area contributed by atoms with Crippen molar-refractivity contribution in [3.63, 3.8) is 0 Å². The molecule has 0 aliphatic carbocycles. The number of fused-ring (bicyclic) bond motifs is 1. The number of hydrogen-bond acceptors (Lipinski definition) is 4. The predicted octanol–water partition coefficient (Wildman–Crippen LogP) is 1.96. The van der Waals surface area contributed by atoms with Crippen LogP contribution < -0.4 is 11.1 Å². The van der Waals surface area contributed by atoms with Crippen molar-refractivity contribution >= 4 is 39.7 Å². The molecule has 1 unspecified atom stereocenters. The van der Waals surface area contributed by atoms with Crippen molar-refractivity contribution in [2.75, 3.05) is 20.3 Å². The van der Waals surface area contributed by atoms with Crippen molar-refractivity contribution < 1.29 is 9.53 Å². The minimum atomic E-state index is -0.593. The van der Waals surface area contributed by atoms with Crippen LogP contribution in [-0.4, -0.2) is 32.2 Å². The first kappa shape index (κ1) is 16.9. The number of carbonyl (C=O) groups is 1. The lowest BCUT2D eigenvalue weighted by atomic mass is 10.1. The Morgan fingerprint density at radius 2 is 2.20 bits per heavy atom. The topological polar surface area (TPSA) is 64.3 Å². The number of carbonyl (C=O) groups excluding carboxylic acids is 1. The monoisotopic (exact) mass is 314 g/mol. The van der Waals surface area contributed by atoms with E-state index in [-0.39, 0.29) is 24.9 Å². The standard InChI is InChI=1S/C14H18N2O2S.ClH/c1-18-8-12(15)14(17)16-7-6-10-9-19-13-5-3-2-4-11(10)13;/h2-5,9,12H,6-8,15H2,1H3,(H,16,17);1H. The molecule has 6 heteroatoms. The molecule has 20 heavy (non-hydrogen) atoms. The van der Waals surface area contributed by atoms with Crippen LogP contribution in [0.25, 0.3) is 10.1 Å². The Labute approximate surface area is 128 Å². The molecule has 2 rings (SSSR count). The average Bonchev–Trinajstić information content (AvgIpc) is 2.82. The molecule has 0 aliphatic heterocycles. The summed E-state index contributed by atoms with van der Waals surface area (Å²) in [6.45, 7) is 0.837. The van der Waals surface area contributed by atoms with Gasteiger partial charge in [0.05, 0.1) is 6.61 Å². The summed E-state index contributed by atoms with van der Waals surface area (Å²) in [6, 6.07) is 7.69. The molecule has 0 saturated carbocycles. The lowest BCUT2D eigenvalue weighted by Crippen LogP contribution is -2.44. The van der Waals surface area contributed by atoms with Crippen LogP contribution in [0.5, 0.6) is 0 Å². The molecule has 0 aliphatic rings. The highest BCUT2D eigenvalue weighted by Gasteiger charge is 2.12. The largest absolute Gasteiger partial charge is 0.383 e. The Bertz CT molecular complexity index is 559. The van der Waals surface area contributed by atoms with Crippen LogP contribution >= 0.6 is 23.7 Å². The average molecular weight is 315 g/mol. The number of benzene rings is 1. The van der Waals surface area contributed by atoms with E-state index >= 15 is 0 Å². The molecule has 1 aromatic carbocycles. The van der Waals surface area contributed by atoms with Crippen molar-refractivity contribution in [3.05, 3.63) is 35.2 Å². The van der Waals surface area contributed by atoms with Gasteiger partial charge in [-0.25, -0.2) is 0 Å². The maximum Gasteiger partial charge on any atom is 0.239 e. The highest BCUT2D eigenvalue weighted by Crippen LogP contribution is 2.25. The number of methoxy groups -OCH3 is 1. The van der Waals surface area contributed by atoms with Gasteiger partial charge in [-0.1, -0.05) is 18.2 Å². The molecule has 1 aromatic heterocycles. The number of halogens is 1. The Morgan fingerprint density at radius 1 is 1.45 bits per heavy atom. The number of thiophene rings is 1. The first-order valence-electron chi connectivity index (χ1n) is 6.19. The van der Waals surface area contributed by atoms with Crippen LogP contribution in [0.4, 0.5) is 0 Å². The summed E-state index contributed by atoms with van der Waals surface area (Å²) in [4.78, 5) is 11.6. The lowest BCUT2D eigenvalue weighted by Gasteiger charge is -2.10. The van der Waals surface area contributed by atoms with Crippen LogP contribution in [0.3, 0.4) is 0 Å². The molecule has 0 fully saturated rings. The molecule has 110 valence electrons. The predicted molar refractivity (Wildman–Crippen MR) is 85.6 cm³/mol. The number of amides is 1. The second-order valence-electron chi connectivity index (χ2n) is 4.36. The molecule has 1 heterocycles. The Morgan fingerprint density at radius 3 is 2.95 bits per heavy atom.